The Morgan fingerprint density at radius 1 is 1.47 bits per heavy atom. The molecule has 2 saturated heterocycles. The minimum absolute atomic E-state index is 0.188. The molecule has 0 saturated carbocycles. The van der Waals surface area contributed by atoms with Crippen LogP contribution < -0.4 is 15.5 Å². The van der Waals surface area contributed by atoms with E-state index in [4.69, 9.17) is 5.11 Å². The standard InChI is InChI=1S/C13H21N5O/c19-7-1-4-15-13-16-6-3-12(17-13)18-8-10-2-5-14-11(10)9-18/h3,6,10-11,14,19H,1-2,4-5,7-9H2,(H,15,16,17)/t10-,11-/m0/s1. The van der Waals surface area contributed by atoms with Gasteiger partial charge in [0.2, 0.25) is 5.95 Å². The highest BCUT2D eigenvalue weighted by Gasteiger charge is 2.36. The van der Waals surface area contributed by atoms with E-state index >= 15 is 0 Å². The summed E-state index contributed by atoms with van der Waals surface area (Å²) in [6.07, 6.45) is 3.78. The minimum Gasteiger partial charge on any atom is -0.396 e. The Bertz CT molecular complexity index is 415. The summed E-state index contributed by atoms with van der Waals surface area (Å²) in [7, 11) is 0. The first-order chi connectivity index (χ1) is 9.36. The van der Waals surface area contributed by atoms with Gasteiger partial charge in [-0.3, -0.25) is 0 Å². The van der Waals surface area contributed by atoms with Gasteiger partial charge in [-0.25, -0.2) is 4.98 Å². The molecule has 6 nitrogen and oxygen atoms in total. The number of hydrogen-bond acceptors (Lipinski definition) is 6. The summed E-state index contributed by atoms with van der Waals surface area (Å²) < 4.78 is 0. The summed E-state index contributed by atoms with van der Waals surface area (Å²) >= 11 is 0. The maximum absolute atomic E-state index is 8.77. The predicted molar refractivity (Wildman–Crippen MR) is 74.3 cm³/mol. The second-order valence-corrected chi connectivity index (χ2v) is 5.26. The van der Waals surface area contributed by atoms with E-state index in [2.05, 4.69) is 25.5 Å². The van der Waals surface area contributed by atoms with Gasteiger partial charge < -0.3 is 20.6 Å². The Morgan fingerprint density at radius 2 is 2.42 bits per heavy atom. The van der Waals surface area contributed by atoms with Gasteiger partial charge in [-0.15, -0.1) is 0 Å². The molecule has 0 bridgehead atoms. The zero-order valence-electron chi connectivity index (χ0n) is 11.0. The molecule has 2 fully saturated rings. The van der Waals surface area contributed by atoms with Crippen molar-refractivity contribution in [3.63, 3.8) is 0 Å². The number of aliphatic hydroxyl groups is 1. The summed E-state index contributed by atoms with van der Waals surface area (Å²) in [6.45, 7) is 4.17. The van der Waals surface area contributed by atoms with Crippen molar-refractivity contribution in [2.24, 2.45) is 5.92 Å². The second kappa shape index (κ2) is 5.71. The van der Waals surface area contributed by atoms with Crippen LogP contribution in [-0.4, -0.2) is 53.9 Å². The number of nitrogens with zero attached hydrogens (tertiary/aromatic N) is 3. The molecule has 0 unspecified atom stereocenters. The van der Waals surface area contributed by atoms with Crippen molar-refractivity contribution < 1.29 is 5.11 Å². The summed E-state index contributed by atoms with van der Waals surface area (Å²) in [4.78, 5) is 11.1. The van der Waals surface area contributed by atoms with E-state index < -0.39 is 0 Å². The maximum atomic E-state index is 8.77. The second-order valence-electron chi connectivity index (χ2n) is 5.26. The Kier molecular flexibility index (Phi) is 3.79. The Hall–Kier alpha value is -1.40. The first kappa shape index (κ1) is 12.6. The van der Waals surface area contributed by atoms with Gasteiger partial charge in [0.1, 0.15) is 5.82 Å². The quantitative estimate of drug-likeness (QED) is 0.653. The first-order valence-electron chi connectivity index (χ1n) is 7.03. The van der Waals surface area contributed by atoms with E-state index in [1.54, 1.807) is 6.20 Å². The molecule has 3 heterocycles. The number of fused-ring (bicyclic) bond motifs is 1. The monoisotopic (exact) mass is 263 g/mol. The average Bonchev–Trinajstić information content (AvgIpc) is 3.00. The molecule has 6 heteroatoms. The molecule has 1 aromatic rings. The highest BCUT2D eigenvalue weighted by molar-refractivity contribution is 5.44. The Morgan fingerprint density at radius 3 is 3.26 bits per heavy atom. The number of nitrogens with one attached hydrogen (secondary N) is 2. The average molecular weight is 263 g/mol. The van der Waals surface area contributed by atoms with E-state index in [9.17, 15) is 0 Å². The molecule has 2 aliphatic rings. The number of hydrogen-bond donors (Lipinski definition) is 3. The van der Waals surface area contributed by atoms with Crippen molar-refractivity contribution in [2.75, 3.05) is 43.0 Å². The fraction of sp³-hybridized carbons (Fsp3) is 0.692. The van der Waals surface area contributed by atoms with Gasteiger partial charge >= 0.3 is 0 Å². The van der Waals surface area contributed by atoms with Crippen molar-refractivity contribution in [3.8, 4) is 0 Å². The van der Waals surface area contributed by atoms with Crippen molar-refractivity contribution in [1.29, 1.82) is 0 Å². The van der Waals surface area contributed by atoms with Crippen LogP contribution in [0.3, 0.4) is 0 Å². The number of rotatable bonds is 5. The zero-order chi connectivity index (χ0) is 13.1. The first-order valence-corrected chi connectivity index (χ1v) is 7.03. The molecular weight excluding hydrogens is 242 g/mol. The van der Waals surface area contributed by atoms with Crippen LogP contribution in [0.5, 0.6) is 0 Å². The lowest BCUT2D eigenvalue weighted by molar-refractivity contribution is 0.292. The lowest BCUT2D eigenvalue weighted by atomic mass is 10.1. The van der Waals surface area contributed by atoms with Crippen molar-refractivity contribution in [3.05, 3.63) is 12.3 Å². The molecule has 0 aliphatic carbocycles. The summed E-state index contributed by atoms with van der Waals surface area (Å²) in [5.41, 5.74) is 0. The minimum atomic E-state index is 0.188. The highest BCUT2D eigenvalue weighted by Crippen LogP contribution is 2.27. The van der Waals surface area contributed by atoms with Gasteiger partial charge in [-0.1, -0.05) is 0 Å². The molecular formula is C13H21N5O. The van der Waals surface area contributed by atoms with Crippen LogP contribution in [0.2, 0.25) is 0 Å². The Balaban J connectivity index is 1.63. The third-order valence-electron chi connectivity index (χ3n) is 3.95. The van der Waals surface area contributed by atoms with E-state index in [0.29, 0.717) is 25.0 Å². The van der Waals surface area contributed by atoms with Gasteiger partial charge in [0.05, 0.1) is 0 Å². The van der Waals surface area contributed by atoms with Gasteiger partial charge in [0.25, 0.3) is 0 Å². The molecule has 2 atom stereocenters. The van der Waals surface area contributed by atoms with Gasteiger partial charge in [0.15, 0.2) is 0 Å². The van der Waals surface area contributed by atoms with Gasteiger partial charge in [-0.2, -0.15) is 4.98 Å². The lowest BCUT2D eigenvalue weighted by Crippen LogP contribution is -2.30. The predicted octanol–water partition coefficient (Wildman–Crippen LogP) is 0.0690. The van der Waals surface area contributed by atoms with Crippen LogP contribution in [0, 0.1) is 5.92 Å². The molecule has 19 heavy (non-hydrogen) atoms. The fourth-order valence-corrected chi connectivity index (χ4v) is 2.93. The molecule has 0 radical (unpaired) electrons. The van der Waals surface area contributed by atoms with E-state index in [1.807, 2.05) is 6.07 Å². The maximum Gasteiger partial charge on any atom is 0.224 e. The molecule has 3 rings (SSSR count). The summed E-state index contributed by atoms with van der Waals surface area (Å²) in [5, 5.41) is 15.4. The van der Waals surface area contributed by atoms with E-state index in [-0.39, 0.29) is 6.61 Å². The van der Waals surface area contributed by atoms with Crippen LogP contribution in [0.4, 0.5) is 11.8 Å². The van der Waals surface area contributed by atoms with E-state index in [0.717, 1.165) is 31.4 Å². The molecule has 1 aromatic heterocycles. The molecule has 0 aromatic carbocycles. The lowest BCUT2D eigenvalue weighted by Gasteiger charge is -2.18. The largest absolute Gasteiger partial charge is 0.396 e. The van der Waals surface area contributed by atoms with Crippen LogP contribution >= 0.6 is 0 Å². The third kappa shape index (κ3) is 2.79. The molecule has 3 N–H and O–H groups in total. The molecule has 0 spiro atoms. The van der Waals surface area contributed by atoms with Crippen molar-refractivity contribution in [1.82, 2.24) is 15.3 Å². The SMILES string of the molecule is OCCCNc1nccc(N2C[C@@H]3CCN[C@H]3C2)n1. The topological polar surface area (TPSA) is 73.3 Å². The summed E-state index contributed by atoms with van der Waals surface area (Å²) in [5.74, 6) is 2.41. The van der Waals surface area contributed by atoms with E-state index in [1.165, 1.54) is 6.42 Å². The molecule has 2 aliphatic heterocycles. The number of anilines is 2. The Labute approximate surface area is 113 Å². The van der Waals surface area contributed by atoms with Crippen LogP contribution in [0.1, 0.15) is 12.8 Å². The smallest absolute Gasteiger partial charge is 0.224 e. The number of aromatic nitrogens is 2. The molecule has 104 valence electrons. The zero-order valence-corrected chi connectivity index (χ0v) is 11.0. The van der Waals surface area contributed by atoms with Gasteiger partial charge in [-0.05, 0) is 31.4 Å². The van der Waals surface area contributed by atoms with Crippen molar-refractivity contribution in [2.45, 2.75) is 18.9 Å². The van der Waals surface area contributed by atoms with Crippen molar-refractivity contribution >= 4 is 11.8 Å². The number of aliphatic hydroxyl groups excluding tert-OH is 1. The third-order valence-corrected chi connectivity index (χ3v) is 3.95. The van der Waals surface area contributed by atoms with Crippen LogP contribution in [0.15, 0.2) is 12.3 Å². The van der Waals surface area contributed by atoms with Crippen LogP contribution in [0.25, 0.3) is 0 Å². The van der Waals surface area contributed by atoms with Crippen LogP contribution in [-0.2, 0) is 0 Å². The fourth-order valence-electron chi connectivity index (χ4n) is 2.93. The summed E-state index contributed by atoms with van der Waals surface area (Å²) in [6, 6.07) is 2.60. The highest BCUT2D eigenvalue weighted by atomic mass is 16.3. The molecule has 0 amide bonds. The van der Waals surface area contributed by atoms with Gasteiger partial charge in [0, 0.05) is 38.5 Å². The normalized spacial score (nSPS) is 25.6.